The van der Waals surface area contributed by atoms with Gasteiger partial charge in [0.1, 0.15) is 0 Å². The van der Waals surface area contributed by atoms with Crippen LogP contribution in [-0.4, -0.2) is 68.4 Å². The van der Waals surface area contributed by atoms with Crippen LogP contribution < -0.4 is 0 Å². The second kappa shape index (κ2) is 20.6. The molecule has 0 spiro atoms. The number of rotatable bonds is 21. The number of aliphatic hydroxyl groups is 1. The third-order valence-corrected chi connectivity index (χ3v) is 9.30. The highest BCUT2D eigenvalue weighted by Crippen LogP contribution is 2.52. The molecule has 3 unspecified atom stereocenters. The summed E-state index contributed by atoms with van der Waals surface area (Å²) in [5.41, 5.74) is 0. The Morgan fingerprint density at radius 3 is 2.46 bits per heavy atom. The Hall–Kier alpha value is -1.25. The molecule has 5 atom stereocenters. The molecule has 8 nitrogen and oxygen atoms in total. The molecule has 0 heterocycles. The van der Waals surface area contributed by atoms with Crippen LogP contribution in [0.15, 0.2) is 0 Å². The maximum absolute atomic E-state index is 12.2. The van der Waals surface area contributed by atoms with Gasteiger partial charge in [0, 0.05) is 52.5 Å². The quantitative estimate of drug-likeness (QED) is 0.0749. The second-order valence-electron chi connectivity index (χ2n) is 10.7. The Morgan fingerprint density at radius 1 is 1.15 bits per heavy atom. The van der Waals surface area contributed by atoms with Crippen molar-refractivity contribution in [3.63, 3.8) is 0 Å². The van der Waals surface area contributed by atoms with Crippen LogP contribution in [0, 0.1) is 40.9 Å². The van der Waals surface area contributed by atoms with E-state index >= 15 is 0 Å². The maximum atomic E-state index is 12.2. The molecule has 9 heteroatoms. The highest BCUT2D eigenvalue weighted by atomic mass is 31.2. The summed E-state index contributed by atoms with van der Waals surface area (Å²) >= 11 is 0. The van der Waals surface area contributed by atoms with Crippen LogP contribution >= 0.6 is 8.53 Å². The smallest absolute Gasteiger partial charge is 0.305 e. The van der Waals surface area contributed by atoms with Gasteiger partial charge in [-0.3, -0.25) is 4.79 Å². The summed E-state index contributed by atoms with van der Waals surface area (Å²) < 4.78 is 38.8. The molecular formula is C30H53N2O6P. The van der Waals surface area contributed by atoms with Crippen molar-refractivity contribution < 1.29 is 29.8 Å². The number of nitriles is 1. The van der Waals surface area contributed by atoms with E-state index in [9.17, 15) is 4.79 Å². The van der Waals surface area contributed by atoms with Gasteiger partial charge in [0.15, 0.2) is 0 Å². The van der Waals surface area contributed by atoms with Crippen molar-refractivity contribution in [1.82, 2.24) is 4.67 Å². The number of nitrogens with zero attached hydrogens (tertiary/aromatic N) is 2. The molecule has 0 radical (unpaired) electrons. The Bertz CT molecular complexity index is 778. The Kier molecular flexibility index (Phi) is 17.0. The van der Waals surface area contributed by atoms with Gasteiger partial charge in [0.25, 0.3) is 8.53 Å². The minimum atomic E-state index is -1.37. The van der Waals surface area contributed by atoms with E-state index in [1.54, 1.807) is 0 Å². The van der Waals surface area contributed by atoms with Crippen LogP contribution in [0.3, 0.4) is 0 Å². The molecule has 2 rings (SSSR count). The van der Waals surface area contributed by atoms with Gasteiger partial charge in [-0.1, -0.05) is 7.40 Å². The minimum absolute atomic E-state index is 0.112. The molecular weight excluding hydrogens is 515 g/mol. The van der Waals surface area contributed by atoms with E-state index in [2.05, 4.69) is 55.4 Å². The highest BCUT2D eigenvalue weighted by Gasteiger charge is 2.49. The van der Waals surface area contributed by atoms with Gasteiger partial charge in [-0.15, -0.1) is 11.8 Å². The Balaban J connectivity index is 0.00000411. The predicted molar refractivity (Wildman–Crippen MR) is 155 cm³/mol. The average molecular weight is 572 g/mol. The maximum Gasteiger partial charge on any atom is 0.305 e. The zero-order chi connectivity index (χ0) is 30.5. The fraction of sp³-hybridized carbons (Fsp3) is 0.867. The number of unbranched alkanes of at least 4 members (excludes halogenated alkanes) is 1. The molecule has 0 aromatic heterocycles. The first-order valence-corrected chi connectivity index (χ1v) is 15.5. The fourth-order valence-electron chi connectivity index (χ4n) is 5.14. The molecule has 2 aliphatic carbocycles. The third kappa shape index (κ3) is 13.8. The fourth-order valence-corrected chi connectivity index (χ4v) is 6.91. The summed E-state index contributed by atoms with van der Waals surface area (Å²) in [7, 11) is -0.117. The number of carbonyl (C=O) groups excluding carboxylic acids is 1. The van der Waals surface area contributed by atoms with Crippen molar-refractivity contribution in [3.05, 3.63) is 0 Å². The summed E-state index contributed by atoms with van der Waals surface area (Å²) in [4.78, 5) is 12.2. The lowest BCUT2D eigenvalue weighted by Crippen LogP contribution is -2.35. The molecule has 0 saturated heterocycles. The van der Waals surface area contributed by atoms with E-state index < -0.39 is 8.53 Å². The van der Waals surface area contributed by atoms with Crippen LogP contribution in [0.1, 0.15) is 101 Å². The SMILES string of the molecule is [2H]OCCC(CCOCCCCC(=O)OCC1[C@H]2CCC#CCC[C@@H]12)OP(OCCC#N)N(C(C)C)C(C)C.[3H]C. The van der Waals surface area contributed by atoms with Crippen LogP contribution in [0.5, 0.6) is 0 Å². The number of hydrogen-bond acceptors (Lipinski definition) is 8. The monoisotopic (exact) mass is 571 g/mol. The van der Waals surface area contributed by atoms with E-state index in [-0.39, 0.29) is 30.8 Å². The van der Waals surface area contributed by atoms with E-state index in [1.807, 2.05) is 0 Å². The molecule has 0 bridgehead atoms. The first-order valence-electron chi connectivity index (χ1n) is 15.8. The van der Waals surface area contributed by atoms with Gasteiger partial charge in [0.05, 0.1) is 31.8 Å². The van der Waals surface area contributed by atoms with Gasteiger partial charge < -0.3 is 23.6 Å². The van der Waals surface area contributed by atoms with Crippen LogP contribution in [0.25, 0.3) is 0 Å². The zero-order valence-corrected chi connectivity index (χ0v) is 25.8. The van der Waals surface area contributed by atoms with Gasteiger partial charge in [-0.05, 0) is 84.0 Å². The molecule has 1 saturated carbocycles. The molecule has 224 valence electrons. The molecule has 1 N–H and O–H groups in total. The molecule has 39 heavy (non-hydrogen) atoms. The first-order chi connectivity index (χ1) is 19.9. The van der Waals surface area contributed by atoms with Crippen molar-refractivity contribution >= 4 is 14.5 Å². The summed E-state index contributed by atoms with van der Waals surface area (Å²) in [5, 5.41) is 13.5. The standard InChI is InChI=1S/C29H49N2O6P.CH4/c1-23(2)31(24(3)4)38(36-20-11-17-30)37-25(15-18-32)16-21-34-19-10-9-14-29(33)35-22-28-26-12-7-5-6-8-13-27(26)28;/h23-28,32H,7-16,18-22H2,1-4H3;1H4/t25?,26-,27+,28?,38?;/i32D;1T. The molecule has 2 aliphatic rings. The van der Waals surface area contributed by atoms with Crippen molar-refractivity contribution in [2.24, 2.45) is 17.8 Å². The Morgan fingerprint density at radius 2 is 1.85 bits per heavy atom. The van der Waals surface area contributed by atoms with Crippen molar-refractivity contribution in [3.8, 4) is 17.9 Å². The van der Waals surface area contributed by atoms with Crippen LogP contribution in [-0.2, 0) is 23.3 Å². The van der Waals surface area contributed by atoms with Crippen LogP contribution in [0.4, 0.5) is 0 Å². The van der Waals surface area contributed by atoms with Gasteiger partial charge >= 0.3 is 5.97 Å². The average Bonchev–Trinajstić information content (AvgIpc) is 3.58. The van der Waals surface area contributed by atoms with Gasteiger partial charge in [-0.25, -0.2) is 4.67 Å². The van der Waals surface area contributed by atoms with Crippen molar-refractivity contribution in [2.45, 2.75) is 117 Å². The summed E-state index contributed by atoms with van der Waals surface area (Å²) in [6.45, 7) is 10.6. The second-order valence-corrected chi connectivity index (χ2v) is 12.1. The van der Waals surface area contributed by atoms with E-state index in [1.165, 1.54) is 7.40 Å². The summed E-state index contributed by atoms with van der Waals surface area (Å²) in [5.74, 6) is 8.24. The number of ether oxygens (including phenoxy) is 2. The lowest BCUT2D eigenvalue weighted by molar-refractivity contribution is -0.144. The van der Waals surface area contributed by atoms with Gasteiger partial charge in [0.2, 0.25) is 1.43 Å². The molecule has 0 aromatic carbocycles. The lowest BCUT2D eigenvalue weighted by atomic mass is 10.1. The van der Waals surface area contributed by atoms with Crippen molar-refractivity contribution in [2.75, 3.05) is 33.0 Å². The molecule has 0 amide bonds. The number of hydrogen-bond donors (Lipinski definition) is 1. The van der Waals surface area contributed by atoms with Gasteiger partial charge in [-0.2, -0.15) is 5.26 Å². The number of esters is 1. The zero-order valence-electron chi connectivity index (χ0n) is 26.9. The lowest BCUT2D eigenvalue weighted by Gasteiger charge is -2.37. The highest BCUT2D eigenvalue weighted by molar-refractivity contribution is 7.44. The first kappa shape index (κ1) is 32.3. The molecule has 1 fully saturated rings. The van der Waals surface area contributed by atoms with E-state index in [0.717, 1.165) is 38.5 Å². The van der Waals surface area contributed by atoms with Crippen LogP contribution in [0.2, 0.25) is 0 Å². The van der Waals surface area contributed by atoms with E-state index in [0.29, 0.717) is 69.9 Å². The summed E-state index contributed by atoms with van der Waals surface area (Å²) in [6, 6.07) is 2.54. The number of fused-ring (bicyclic) bond motifs is 1. The number of carbonyl (C=O) groups is 1. The topological polar surface area (TPSA) is 101 Å². The largest absolute Gasteiger partial charge is 0.465 e. The number of aliphatic hydroxyl groups excluding tert-OH is 1. The predicted octanol–water partition coefficient (Wildman–Crippen LogP) is 6.23. The molecule has 0 aromatic rings. The molecule has 0 aliphatic heterocycles. The third-order valence-electron chi connectivity index (χ3n) is 7.12. The summed E-state index contributed by atoms with van der Waals surface area (Å²) in [6.07, 6.45) is 7.50. The van der Waals surface area contributed by atoms with Crippen molar-refractivity contribution in [1.29, 1.82) is 6.69 Å². The normalized spacial score (nSPS) is 22.1. The van der Waals surface area contributed by atoms with E-state index in [4.69, 9.17) is 26.6 Å². The minimum Gasteiger partial charge on any atom is -0.465 e. The Labute approximate surface area is 242 Å².